The van der Waals surface area contributed by atoms with E-state index in [4.69, 9.17) is 16.7 Å². The minimum absolute atomic E-state index is 0.0152. The number of anilines is 1. The van der Waals surface area contributed by atoms with Crippen LogP contribution < -0.4 is 10.5 Å². The van der Waals surface area contributed by atoms with Gasteiger partial charge in [0.1, 0.15) is 17.5 Å². The largest absolute Gasteiger partial charge is 0.365 e. The highest BCUT2D eigenvalue weighted by Crippen LogP contribution is 2.20. The predicted molar refractivity (Wildman–Crippen MR) is 76.8 cm³/mol. The van der Waals surface area contributed by atoms with Crippen molar-refractivity contribution in [3.8, 4) is 0 Å². The molecular formula is C12H11ClF2N4O2S. The van der Waals surface area contributed by atoms with Crippen LogP contribution in [0.2, 0.25) is 5.28 Å². The lowest BCUT2D eigenvalue weighted by Crippen LogP contribution is -2.14. The molecule has 0 atom stereocenters. The molecule has 22 heavy (non-hydrogen) atoms. The lowest BCUT2D eigenvalue weighted by molar-refractivity contribution is 0.548. The van der Waals surface area contributed by atoms with Crippen LogP contribution in [0.3, 0.4) is 0 Å². The molecule has 0 fully saturated rings. The van der Waals surface area contributed by atoms with Crippen LogP contribution in [-0.4, -0.2) is 18.4 Å². The van der Waals surface area contributed by atoms with Crippen LogP contribution in [0.5, 0.6) is 0 Å². The molecule has 2 rings (SSSR count). The summed E-state index contributed by atoms with van der Waals surface area (Å²) in [6, 6.07) is 1.32. The highest BCUT2D eigenvalue weighted by molar-refractivity contribution is 7.89. The molecule has 10 heteroatoms. The van der Waals surface area contributed by atoms with Gasteiger partial charge in [0, 0.05) is 23.9 Å². The zero-order valence-corrected chi connectivity index (χ0v) is 12.8. The van der Waals surface area contributed by atoms with Crippen molar-refractivity contribution < 1.29 is 17.2 Å². The minimum atomic E-state index is -4.18. The number of nitrogens with one attached hydrogen (secondary N) is 1. The van der Waals surface area contributed by atoms with Gasteiger partial charge in [-0.05, 0) is 30.7 Å². The molecule has 118 valence electrons. The van der Waals surface area contributed by atoms with Gasteiger partial charge in [-0.1, -0.05) is 0 Å². The molecule has 1 aromatic carbocycles. The second-order valence-electron chi connectivity index (χ2n) is 4.43. The molecule has 0 amide bonds. The molecule has 6 nitrogen and oxygen atoms in total. The fourth-order valence-electron chi connectivity index (χ4n) is 1.68. The summed E-state index contributed by atoms with van der Waals surface area (Å²) >= 11 is 5.64. The Morgan fingerprint density at radius 3 is 2.45 bits per heavy atom. The van der Waals surface area contributed by atoms with Crippen molar-refractivity contribution in [2.75, 3.05) is 5.32 Å². The Hall–Kier alpha value is -1.84. The van der Waals surface area contributed by atoms with Crippen LogP contribution in [0.4, 0.5) is 14.6 Å². The summed E-state index contributed by atoms with van der Waals surface area (Å²) in [7, 11) is -4.18. The van der Waals surface area contributed by atoms with E-state index in [0.29, 0.717) is 23.5 Å². The molecule has 1 aromatic heterocycles. The molecule has 0 spiro atoms. The van der Waals surface area contributed by atoms with Crippen molar-refractivity contribution in [1.29, 1.82) is 0 Å². The van der Waals surface area contributed by atoms with Crippen LogP contribution >= 0.6 is 11.6 Å². The predicted octanol–water partition coefficient (Wildman–Crippen LogP) is 1.98. The number of nitrogens with two attached hydrogens (primary N) is 1. The number of aryl methyl sites for hydroxylation is 1. The summed E-state index contributed by atoms with van der Waals surface area (Å²) in [5.41, 5.74) is 0.285. The maximum Gasteiger partial charge on any atom is 0.238 e. The molecule has 0 aliphatic carbocycles. The average Bonchev–Trinajstić information content (AvgIpc) is 2.40. The van der Waals surface area contributed by atoms with E-state index in [1.165, 1.54) is 6.20 Å². The van der Waals surface area contributed by atoms with E-state index in [9.17, 15) is 17.2 Å². The first kappa shape index (κ1) is 16.5. The van der Waals surface area contributed by atoms with Gasteiger partial charge in [0.2, 0.25) is 15.3 Å². The van der Waals surface area contributed by atoms with Gasteiger partial charge in [0.05, 0.1) is 4.90 Å². The van der Waals surface area contributed by atoms with E-state index in [0.717, 1.165) is 0 Å². The number of benzene rings is 1. The normalized spacial score (nSPS) is 11.5. The van der Waals surface area contributed by atoms with Gasteiger partial charge in [-0.3, -0.25) is 0 Å². The van der Waals surface area contributed by atoms with Gasteiger partial charge in [-0.2, -0.15) is 0 Å². The number of aromatic nitrogens is 2. The Balaban J connectivity index is 2.29. The van der Waals surface area contributed by atoms with Crippen LogP contribution in [0, 0.1) is 18.6 Å². The van der Waals surface area contributed by atoms with Gasteiger partial charge in [0.15, 0.2) is 0 Å². The van der Waals surface area contributed by atoms with E-state index >= 15 is 0 Å². The second-order valence-corrected chi connectivity index (χ2v) is 6.33. The molecule has 3 N–H and O–H groups in total. The number of halogens is 3. The maximum absolute atomic E-state index is 13.9. The SMILES string of the molecule is Cc1cnc(Cl)nc1NCc1c(F)cc(S(N)(=O)=O)cc1F. The van der Waals surface area contributed by atoms with E-state index in [1.54, 1.807) is 6.92 Å². The van der Waals surface area contributed by atoms with Crippen molar-refractivity contribution in [1.82, 2.24) is 9.97 Å². The first-order chi connectivity index (χ1) is 10.2. The molecule has 0 saturated heterocycles. The van der Waals surface area contributed by atoms with E-state index in [-0.39, 0.29) is 17.4 Å². The van der Waals surface area contributed by atoms with Crippen molar-refractivity contribution >= 4 is 27.4 Å². The third-order valence-electron chi connectivity index (χ3n) is 2.82. The average molecular weight is 349 g/mol. The van der Waals surface area contributed by atoms with Crippen LogP contribution in [0.15, 0.2) is 23.2 Å². The summed E-state index contributed by atoms with van der Waals surface area (Å²) in [5.74, 6) is -1.75. The molecule has 0 aliphatic heterocycles. The van der Waals surface area contributed by atoms with Crippen molar-refractivity contribution in [2.24, 2.45) is 5.14 Å². The topological polar surface area (TPSA) is 98.0 Å². The molecule has 1 heterocycles. The minimum Gasteiger partial charge on any atom is -0.365 e. The summed E-state index contributed by atoms with van der Waals surface area (Å²) in [6.07, 6.45) is 1.45. The molecule has 0 aliphatic rings. The molecule has 2 aromatic rings. The number of rotatable bonds is 4. The molecule has 0 radical (unpaired) electrons. The Morgan fingerprint density at radius 1 is 1.32 bits per heavy atom. The second kappa shape index (κ2) is 6.11. The summed E-state index contributed by atoms with van der Waals surface area (Å²) < 4.78 is 49.9. The van der Waals surface area contributed by atoms with Gasteiger partial charge >= 0.3 is 0 Å². The number of nitrogens with zero attached hydrogens (tertiary/aromatic N) is 2. The number of hydrogen-bond acceptors (Lipinski definition) is 5. The van der Waals surface area contributed by atoms with E-state index in [1.807, 2.05) is 0 Å². The first-order valence-electron chi connectivity index (χ1n) is 5.92. The van der Waals surface area contributed by atoms with E-state index < -0.39 is 26.6 Å². The Bertz CT molecular complexity index is 807. The third-order valence-corrected chi connectivity index (χ3v) is 3.89. The maximum atomic E-state index is 13.9. The smallest absolute Gasteiger partial charge is 0.238 e. The Labute approximate surface area is 130 Å². The Kier molecular flexibility index (Phi) is 4.59. The molecular weight excluding hydrogens is 338 g/mol. The monoisotopic (exact) mass is 348 g/mol. The lowest BCUT2D eigenvalue weighted by atomic mass is 10.2. The quantitative estimate of drug-likeness (QED) is 0.823. The standard InChI is InChI=1S/C12H11ClF2N4O2S/c1-6-4-18-12(13)19-11(6)17-5-8-9(14)2-7(3-10(8)15)22(16,20)21/h2-4H,5H2,1H3,(H2,16,20,21)(H,17,18,19). The first-order valence-corrected chi connectivity index (χ1v) is 7.84. The van der Waals surface area contributed by atoms with Crippen LogP contribution in [-0.2, 0) is 16.6 Å². The molecule has 0 saturated carbocycles. The van der Waals surface area contributed by atoms with Crippen molar-refractivity contribution in [2.45, 2.75) is 18.4 Å². The van der Waals surface area contributed by atoms with Gasteiger partial charge in [-0.15, -0.1) is 0 Å². The fraction of sp³-hybridized carbons (Fsp3) is 0.167. The lowest BCUT2D eigenvalue weighted by Gasteiger charge is -2.11. The van der Waals surface area contributed by atoms with Crippen LogP contribution in [0.25, 0.3) is 0 Å². The van der Waals surface area contributed by atoms with Gasteiger partial charge in [-0.25, -0.2) is 32.3 Å². The highest BCUT2D eigenvalue weighted by Gasteiger charge is 2.17. The Morgan fingerprint density at radius 2 is 1.91 bits per heavy atom. The van der Waals surface area contributed by atoms with Crippen molar-refractivity contribution in [3.05, 3.63) is 46.4 Å². The van der Waals surface area contributed by atoms with E-state index in [2.05, 4.69) is 15.3 Å². The summed E-state index contributed by atoms with van der Waals surface area (Å²) in [6.45, 7) is 1.44. The summed E-state index contributed by atoms with van der Waals surface area (Å²) in [5, 5.41) is 7.54. The van der Waals surface area contributed by atoms with Gasteiger partial charge < -0.3 is 5.32 Å². The zero-order valence-electron chi connectivity index (χ0n) is 11.3. The molecule has 0 bridgehead atoms. The summed E-state index contributed by atoms with van der Waals surface area (Å²) in [4.78, 5) is 7.01. The number of primary sulfonamides is 1. The molecule has 0 unspecified atom stereocenters. The fourth-order valence-corrected chi connectivity index (χ4v) is 2.35. The number of hydrogen-bond donors (Lipinski definition) is 2. The van der Waals surface area contributed by atoms with Crippen molar-refractivity contribution in [3.63, 3.8) is 0 Å². The number of sulfonamides is 1. The zero-order chi connectivity index (χ0) is 16.5. The highest BCUT2D eigenvalue weighted by atomic mass is 35.5. The van der Waals surface area contributed by atoms with Crippen LogP contribution in [0.1, 0.15) is 11.1 Å². The van der Waals surface area contributed by atoms with Gasteiger partial charge in [0.25, 0.3) is 0 Å². The third kappa shape index (κ3) is 3.67.